The maximum atomic E-state index is 13.1. The van der Waals surface area contributed by atoms with Gasteiger partial charge in [-0.2, -0.15) is 0 Å². The molecule has 0 spiro atoms. The summed E-state index contributed by atoms with van der Waals surface area (Å²) in [7, 11) is 0. The fourth-order valence-electron chi connectivity index (χ4n) is 6.67. The Labute approximate surface area is 238 Å². The van der Waals surface area contributed by atoms with Crippen molar-refractivity contribution in [3.63, 3.8) is 0 Å². The summed E-state index contributed by atoms with van der Waals surface area (Å²) in [5.41, 5.74) is 5.90. The first-order valence-electron chi connectivity index (χ1n) is 15.3. The van der Waals surface area contributed by atoms with Gasteiger partial charge in [0.2, 0.25) is 5.91 Å². The van der Waals surface area contributed by atoms with E-state index in [2.05, 4.69) is 66.6 Å². The largest absolute Gasteiger partial charge is 0.369 e. The quantitative estimate of drug-likeness (QED) is 0.454. The fourth-order valence-corrected chi connectivity index (χ4v) is 6.67. The molecular weight excluding hydrogens is 500 g/mol. The molecule has 0 bridgehead atoms. The van der Waals surface area contributed by atoms with E-state index in [4.69, 9.17) is 4.98 Å². The topological polar surface area (TPSA) is 82.4 Å². The van der Waals surface area contributed by atoms with Crippen LogP contribution in [-0.4, -0.2) is 82.7 Å². The maximum Gasteiger partial charge on any atom is 0.224 e. The minimum atomic E-state index is -0.0136. The second-order valence-corrected chi connectivity index (χ2v) is 11.9. The predicted molar refractivity (Wildman–Crippen MR) is 160 cm³/mol. The number of fused-ring (bicyclic) bond motifs is 3. The number of carbonyl (C=O) groups excluding carboxylic acids is 1. The van der Waals surface area contributed by atoms with Gasteiger partial charge in [0.05, 0.1) is 5.92 Å². The van der Waals surface area contributed by atoms with Gasteiger partial charge in [-0.3, -0.25) is 9.69 Å². The van der Waals surface area contributed by atoms with Gasteiger partial charge < -0.3 is 19.7 Å². The molecule has 1 unspecified atom stereocenters. The second-order valence-electron chi connectivity index (χ2n) is 11.9. The molecule has 3 aromatic rings. The lowest BCUT2D eigenvalue weighted by atomic mass is 9.97. The molecule has 2 saturated heterocycles. The van der Waals surface area contributed by atoms with Gasteiger partial charge in [0.15, 0.2) is 17.0 Å². The molecule has 1 amide bonds. The van der Waals surface area contributed by atoms with Crippen LogP contribution in [0.5, 0.6) is 0 Å². The number of nitrogens with one attached hydrogen (secondary N) is 1. The number of amides is 1. The van der Waals surface area contributed by atoms with Crippen molar-refractivity contribution < 1.29 is 4.79 Å². The van der Waals surface area contributed by atoms with E-state index in [-0.39, 0.29) is 11.8 Å². The third-order valence-electron chi connectivity index (χ3n) is 8.99. The maximum absolute atomic E-state index is 13.1. The molecule has 6 rings (SSSR count). The Morgan fingerprint density at radius 2 is 1.85 bits per heavy atom. The van der Waals surface area contributed by atoms with Gasteiger partial charge in [-0.1, -0.05) is 18.6 Å². The van der Waals surface area contributed by atoms with Gasteiger partial charge in [-0.05, 0) is 69.7 Å². The summed E-state index contributed by atoms with van der Waals surface area (Å²) in [5.74, 6) is 2.19. The van der Waals surface area contributed by atoms with E-state index in [1.54, 1.807) is 6.33 Å². The number of aromatic nitrogens is 4. The summed E-state index contributed by atoms with van der Waals surface area (Å²) in [6.07, 6.45) is 9.17. The Morgan fingerprint density at radius 3 is 2.73 bits per heavy atom. The molecule has 1 N–H and O–H groups in total. The van der Waals surface area contributed by atoms with Crippen molar-refractivity contribution in [1.82, 2.24) is 29.7 Å². The summed E-state index contributed by atoms with van der Waals surface area (Å²) in [6, 6.07) is 6.73. The van der Waals surface area contributed by atoms with Crippen molar-refractivity contribution in [2.75, 3.05) is 62.2 Å². The molecule has 5 heterocycles. The molecule has 3 aliphatic rings. The number of benzene rings is 1. The molecule has 2 fully saturated rings. The molecule has 40 heavy (non-hydrogen) atoms. The van der Waals surface area contributed by atoms with Crippen molar-refractivity contribution >= 4 is 28.6 Å². The van der Waals surface area contributed by atoms with Gasteiger partial charge in [0.25, 0.3) is 0 Å². The van der Waals surface area contributed by atoms with Crippen LogP contribution in [0.3, 0.4) is 0 Å². The van der Waals surface area contributed by atoms with Crippen molar-refractivity contribution in [2.45, 2.75) is 65.3 Å². The molecule has 9 heteroatoms. The Morgan fingerprint density at radius 1 is 0.975 bits per heavy atom. The van der Waals surface area contributed by atoms with Crippen LogP contribution in [0, 0.1) is 19.8 Å². The Balaban J connectivity index is 0.978. The van der Waals surface area contributed by atoms with Crippen molar-refractivity contribution in [1.29, 1.82) is 0 Å². The minimum Gasteiger partial charge on any atom is -0.369 e. The number of hydrogen-bond donors (Lipinski definition) is 1. The highest BCUT2D eigenvalue weighted by Crippen LogP contribution is 2.29. The van der Waals surface area contributed by atoms with E-state index >= 15 is 0 Å². The molecule has 2 aromatic heterocycles. The number of nitrogens with zero attached hydrogens (tertiary/aromatic N) is 7. The summed E-state index contributed by atoms with van der Waals surface area (Å²) in [4.78, 5) is 34.7. The van der Waals surface area contributed by atoms with E-state index in [9.17, 15) is 4.79 Å². The van der Waals surface area contributed by atoms with Crippen LogP contribution in [0.15, 0.2) is 24.5 Å². The van der Waals surface area contributed by atoms with Crippen molar-refractivity contribution in [3.8, 4) is 0 Å². The number of piperidine rings is 1. The number of anilines is 2. The third-order valence-corrected chi connectivity index (χ3v) is 8.99. The monoisotopic (exact) mass is 544 g/mol. The van der Waals surface area contributed by atoms with Crippen molar-refractivity contribution in [3.05, 3.63) is 41.5 Å². The molecule has 1 atom stereocenters. The van der Waals surface area contributed by atoms with Crippen LogP contribution in [0.25, 0.3) is 11.2 Å². The lowest BCUT2D eigenvalue weighted by molar-refractivity contribution is -0.125. The average molecular weight is 545 g/mol. The number of aryl methyl sites for hydroxylation is 4. The SMILES string of the molecule is Cc1ccc(C)c(N2CCN(CCCNC(=O)C3CCCN(c4ncnc5c4nc4n5CCCCC4)C3)CC2)c1. The van der Waals surface area contributed by atoms with E-state index in [0.29, 0.717) is 6.54 Å². The number of piperazine rings is 1. The lowest BCUT2D eigenvalue weighted by Gasteiger charge is -2.37. The Bertz CT molecular complexity index is 1330. The predicted octanol–water partition coefficient (Wildman–Crippen LogP) is 3.71. The molecule has 1 aromatic carbocycles. The molecule has 0 radical (unpaired) electrons. The summed E-state index contributed by atoms with van der Waals surface area (Å²) in [5, 5.41) is 3.24. The first kappa shape index (κ1) is 27.0. The average Bonchev–Trinajstić information content (AvgIpc) is 3.17. The molecule has 9 nitrogen and oxygen atoms in total. The first-order chi connectivity index (χ1) is 19.6. The number of hydrogen-bond acceptors (Lipinski definition) is 7. The Kier molecular flexibility index (Phi) is 8.18. The van der Waals surface area contributed by atoms with Crippen LogP contribution >= 0.6 is 0 Å². The van der Waals surface area contributed by atoms with Gasteiger partial charge in [0.1, 0.15) is 12.2 Å². The molecule has 0 aliphatic carbocycles. The van der Waals surface area contributed by atoms with Crippen LogP contribution in [-0.2, 0) is 17.8 Å². The second kappa shape index (κ2) is 12.1. The van der Waals surface area contributed by atoms with Crippen LogP contribution < -0.4 is 15.1 Å². The van der Waals surface area contributed by atoms with Gasteiger partial charge in [-0.25, -0.2) is 15.0 Å². The van der Waals surface area contributed by atoms with Crippen molar-refractivity contribution in [2.24, 2.45) is 5.92 Å². The number of rotatable bonds is 7. The smallest absolute Gasteiger partial charge is 0.224 e. The molecule has 0 saturated carbocycles. The lowest BCUT2D eigenvalue weighted by Crippen LogP contribution is -2.47. The van der Waals surface area contributed by atoms with E-state index in [0.717, 1.165) is 101 Å². The summed E-state index contributed by atoms with van der Waals surface area (Å²) in [6.45, 7) is 13.0. The van der Waals surface area contributed by atoms with Gasteiger partial charge in [0, 0.05) is 64.5 Å². The fraction of sp³-hybridized carbons (Fsp3) is 0.613. The first-order valence-corrected chi connectivity index (χ1v) is 15.3. The summed E-state index contributed by atoms with van der Waals surface area (Å²) < 4.78 is 2.28. The molecule has 3 aliphatic heterocycles. The number of carbonyl (C=O) groups is 1. The zero-order valence-electron chi connectivity index (χ0n) is 24.2. The van der Waals surface area contributed by atoms with Gasteiger partial charge in [-0.15, -0.1) is 0 Å². The molecule has 214 valence electrons. The van der Waals surface area contributed by atoms with E-state index in [1.807, 2.05) is 0 Å². The highest BCUT2D eigenvalue weighted by Gasteiger charge is 2.29. The van der Waals surface area contributed by atoms with Crippen LogP contribution in [0.4, 0.5) is 11.5 Å². The van der Waals surface area contributed by atoms with Crippen LogP contribution in [0.1, 0.15) is 55.5 Å². The Hall–Kier alpha value is -3.20. The van der Waals surface area contributed by atoms with Crippen LogP contribution in [0.2, 0.25) is 0 Å². The van der Waals surface area contributed by atoms with Gasteiger partial charge >= 0.3 is 0 Å². The van der Waals surface area contributed by atoms with E-state index < -0.39 is 0 Å². The zero-order valence-corrected chi connectivity index (χ0v) is 24.2. The summed E-state index contributed by atoms with van der Waals surface area (Å²) >= 11 is 0. The number of imidazole rings is 1. The van der Waals surface area contributed by atoms with E-state index in [1.165, 1.54) is 36.1 Å². The third kappa shape index (κ3) is 5.80. The highest BCUT2D eigenvalue weighted by molar-refractivity contribution is 5.85. The standard InChI is InChI=1S/C31H44N8O/c1-23-10-11-24(2)26(20-23)37-18-16-36(17-19-37)13-7-12-32-31(40)25-8-6-14-38(21-25)29-28-30(34-22-33-29)39-15-5-3-4-9-27(39)35-28/h10-11,20,22,25H,3-9,12-19,21H2,1-2H3,(H,32,40). The highest BCUT2D eigenvalue weighted by atomic mass is 16.1. The normalized spacial score (nSPS) is 20.4. The molecular formula is C31H44N8O. The zero-order chi connectivity index (χ0) is 27.5. The minimum absolute atomic E-state index is 0.0136.